The molecule has 1 aliphatic rings. The summed E-state index contributed by atoms with van der Waals surface area (Å²) in [5, 5.41) is 29.9. The highest BCUT2D eigenvalue weighted by Gasteiger charge is 2.23. The minimum atomic E-state index is -2.90. The molecular formula is C25H19BF2N6O5S. The summed E-state index contributed by atoms with van der Waals surface area (Å²) < 4.78 is 33.5. The summed E-state index contributed by atoms with van der Waals surface area (Å²) in [4.78, 5) is 34.0. The van der Waals surface area contributed by atoms with Crippen LogP contribution in [0.3, 0.4) is 0 Å². The highest BCUT2D eigenvalue weighted by atomic mass is 32.1. The van der Waals surface area contributed by atoms with E-state index in [2.05, 4.69) is 37.3 Å². The predicted molar refractivity (Wildman–Crippen MR) is 142 cm³/mol. The van der Waals surface area contributed by atoms with Gasteiger partial charge in [0, 0.05) is 35.5 Å². The summed E-state index contributed by atoms with van der Waals surface area (Å²) in [5.74, 6) is 5.80. The molecule has 5 rings (SSSR count). The zero-order chi connectivity index (χ0) is 28.4. The van der Waals surface area contributed by atoms with Crippen LogP contribution >= 0.6 is 11.3 Å². The maximum atomic E-state index is 13.6. The Hall–Kier alpha value is -4.52. The van der Waals surface area contributed by atoms with Crippen LogP contribution in [0.25, 0.3) is 16.9 Å². The molecule has 202 valence electrons. The van der Waals surface area contributed by atoms with E-state index in [0.29, 0.717) is 10.9 Å². The first-order valence-corrected chi connectivity index (χ1v) is 12.6. The Morgan fingerprint density at radius 1 is 1.20 bits per heavy atom. The Morgan fingerprint density at radius 2 is 2.00 bits per heavy atom. The van der Waals surface area contributed by atoms with Crippen molar-refractivity contribution in [3.8, 4) is 34.5 Å². The van der Waals surface area contributed by atoms with Crippen LogP contribution in [0.1, 0.15) is 40.3 Å². The first-order chi connectivity index (χ1) is 19.2. The van der Waals surface area contributed by atoms with E-state index >= 15 is 0 Å². The summed E-state index contributed by atoms with van der Waals surface area (Å²) in [6.07, 6.45) is 2.75. The van der Waals surface area contributed by atoms with Gasteiger partial charge in [-0.15, -0.1) is 10.2 Å². The Labute approximate surface area is 229 Å². The average Bonchev–Trinajstić information content (AvgIpc) is 3.68. The Balaban J connectivity index is 1.58. The molecule has 3 N–H and O–H groups in total. The lowest BCUT2D eigenvalue weighted by Gasteiger charge is -2.15. The molecule has 1 amide bonds. The van der Waals surface area contributed by atoms with Crippen LogP contribution in [0.15, 0.2) is 47.7 Å². The van der Waals surface area contributed by atoms with Gasteiger partial charge >= 0.3 is 7.12 Å². The van der Waals surface area contributed by atoms with E-state index in [1.165, 1.54) is 31.6 Å². The Kier molecular flexibility index (Phi) is 7.65. The minimum Gasteiger partial charge on any atom is -0.494 e. The number of halogens is 2. The van der Waals surface area contributed by atoms with Gasteiger partial charge in [0.05, 0.1) is 18.9 Å². The normalized spacial score (nSPS) is 12.6. The fraction of sp³-hybridized carbons (Fsp3) is 0.200. The van der Waals surface area contributed by atoms with Crippen LogP contribution in [0.5, 0.6) is 5.75 Å². The van der Waals surface area contributed by atoms with Gasteiger partial charge in [-0.1, -0.05) is 17.3 Å². The van der Waals surface area contributed by atoms with Gasteiger partial charge in [-0.05, 0) is 42.4 Å². The van der Waals surface area contributed by atoms with Crippen molar-refractivity contribution in [1.82, 2.24) is 24.7 Å². The summed E-state index contributed by atoms with van der Waals surface area (Å²) in [5.41, 5.74) is -1.06. The lowest BCUT2D eigenvalue weighted by Crippen LogP contribution is -2.34. The lowest BCUT2D eigenvalue weighted by molar-refractivity contribution is 0.102. The number of rotatable bonds is 7. The van der Waals surface area contributed by atoms with Gasteiger partial charge in [-0.2, -0.15) is 0 Å². The van der Waals surface area contributed by atoms with E-state index in [1.54, 1.807) is 0 Å². The van der Waals surface area contributed by atoms with Crippen LogP contribution in [0.4, 0.5) is 13.9 Å². The molecule has 1 saturated carbocycles. The zero-order valence-corrected chi connectivity index (χ0v) is 21.5. The number of nitrogens with zero attached hydrogens (tertiary/aromatic N) is 5. The molecular weight excluding hydrogens is 545 g/mol. The molecule has 0 aliphatic heterocycles. The van der Waals surface area contributed by atoms with Gasteiger partial charge in [-0.25, -0.2) is 13.8 Å². The first kappa shape index (κ1) is 27.1. The molecule has 1 aliphatic carbocycles. The van der Waals surface area contributed by atoms with Crippen molar-refractivity contribution in [2.24, 2.45) is 5.92 Å². The Bertz CT molecular complexity index is 1710. The maximum absolute atomic E-state index is 13.6. The third kappa shape index (κ3) is 5.89. The highest BCUT2D eigenvalue weighted by molar-refractivity contribution is 7.15. The lowest BCUT2D eigenvalue weighted by atomic mass is 9.81. The highest BCUT2D eigenvalue weighted by Crippen LogP contribution is 2.35. The number of nitrogens with one attached hydrogen (secondary N) is 1. The zero-order valence-electron chi connectivity index (χ0n) is 20.7. The number of carbonyl (C=O) groups excluding carboxylic acids is 1. The summed E-state index contributed by atoms with van der Waals surface area (Å²) in [6.45, 7) is 0. The van der Waals surface area contributed by atoms with Crippen molar-refractivity contribution in [2.75, 3.05) is 12.4 Å². The molecule has 0 bridgehead atoms. The predicted octanol–water partition coefficient (Wildman–Crippen LogP) is 1.79. The monoisotopic (exact) mass is 564 g/mol. The Morgan fingerprint density at radius 3 is 2.67 bits per heavy atom. The molecule has 4 aromatic rings. The second kappa shape index (κ2) is 11.3. The molecule has 0 spiro atoms. The number of ether oxygens (including phenoxy) is 1. The van der Waals surface area contributed by atoms with Gasteiger partial charge in [-0.3, -0.25) is 24.5 Å². The van der Waals surface area contributed by atoms with Crippen molar-refractivity contribution >= 4 is 35.0 Å². The van der Waals surface area contributed by atoms with Crippen molar-refractivity contribution in [2.45, 2.75) is 19.3 Å². The SMILES string of the molecule is COc1cnc(C(F)F)cc1-c1cc(-n2ccc(B(O)O)cc2=O)ncc1C(=O)Nc1nnc(C#CC2CC2)s1. The minimum absolute atomic E-state index is 0.0292. The van der Waals surface area contributed by atoms with E-state index in [4.69, 9.17) is 4.74 Å². The summed E-state index contributed by atoms with van der Waals surface area (Å²) in [6, 6.07) is 4.75. The van der Waals surface area contributed by atoms with Gasteiger partial charge in [0.25, 0.3) is 17.9 Å². The van der Waals surface area contributed by atoms with Crippen LogP contribution in [0.2, 0.25) is 0 Å². The fourth-order valence-electron chi connectivity index (χ4n) is 3.66. The van der Waals surface area contributed by atoms with Crippen molar-refractivity contribution in [1.29, 1.82) is 0 Å². The number of aromatic nitrogens is 5. The van der Waals surface area contributed by atoms with Crippen molar-refractivity contribution in [3.63, 3.8) is 0 Å². The maximum Gasteiger partial charge on any atom is 0.488 e. The van der Waals surface area contributed by atoms with E-state index in [9.17, 15) is 28.4 Å². The molecule has 0 unspecified atom stereocenters. The molecule has 0 atom stereocenters. The van der Waals surface area contributed by atoms with Crippen LogP contribution in [0, 0.1) is 17.8 Å². The number of methoxy groups -OCH3 is 1. The van der Waals surface area contributed by atoms with Crippen molar-refractivity contribution < 1.29 is 28.4 Å². The molecule has 4 heterocycles. The van der Waals surface area contributed by atoms with E-state index in [-0.39, 0.29) is 38.9 Å². The quantitative estimate of drug-likeness (QED) is 0.225. The van der Waals surface area contributed by atoms with Crippen molar-refractivity contribution in [3.05, 3.63) is 69.5 Å². The number of carbonyl (C=O) groups is 1. The van der Waals surface area contributed by atoms with E-state index < -0.39 is 30.7 Å². The number of hydrogen-bond donors (Lipinski definition) is 3. The van der Waals surface area contributed by atoms with Gasteiger partial charge in [0.15, 0.2) is 5.01 Å². The first-order valence-electron chi connectivity index (χ1n) is 11.8. The largest absolute Gasteiger partial charge is 0.494 e. The van der Waals surface area contributed by atoms with Gasteiger partial charge in [0.2, 0.25) is 5.13 Å². The fourth-order valence-corrected chi connectivity index (χ4v) is 4.26. The second-order valence-electron chi connectivity index (χ2n) is 8.65. The number of hydrogen-bond acceptors (Lipinski definition) is 10. The molecule has 0 aromatic carbocycles. The second-order valence-corrected chi connectivity index (χ2v) is 9.63. The topological polar surface area (TPSA) is 152 Å². The molecule has 1 fully saturated rings. The summed E-state index contributed by atoms with van der Waals surface area (Å²) >= 11 is 1.08. The number of alkyl halides is 2. The average molecular weight is 564 g/mol. The van der Waals surface area contributed by atoms with E-state index in [0.717, 1.165) is 47.1 Å². The molecule has 40 heavy (non-hydrogen) atoms. The van der Waals surface area contributed by atoms with Gasteiger partial charge < -0.3 is 14.8 Å². The number of anilines is 1. The van der Waals surface area contributed by atoms with Crippen LogP contribution in [-0.4, -0.2) is 54.9 Å². The molecule has 4 aromatic heterocycles. The number of pyridine rings is 3. The van der Waals surface area contributed by atoms with Crippen LogP contribution < -0.4 is 21.1 Å². The smallest absolute Gasteiger partial charge is 0.488 e. The third-order valence-electron chi connectivity index (χ3n) is 5.85. The van der Waals surface area contributed by atoms with Crippen LogP contribution in [-0.2, 0) is 0 Å². The number of amides is 1. The molecule has 15 heteroatoms. The van der Waals surface area contributed by atoms with Gasteiger partial charge in [0.1, 0.15) is 17.3 Å². The third-order valence-corrected chi connectivity index (χ3v) is 6.61. The summed E-state index contributed by atoms with van der Waals surface area (Å²) in [7, 11) is -0.537. The molecule has 11 nitrogen and oxygen atoms in total. The van der Waals surface area contributed by atoms with E-state index in [1.807, 2.05) is 0 Å². The molecule has 0 radical (unpaired) electrons. The molecule has 0 saturated heterocycles. The standard InChI is InChI=1S/C25H19BF2N6O5S/c1-39-19-12-29-18(23(27)28)9-16(19)15-10-20(34-7-6-14(26(37)38)8-22(34)35)30-11-17(15)24(36)31-25-33-32-21(40-25)5-4-13-2-3-13/h6-13,23,37-38H,2-3H2,1H3,(H,31,33,36).